The van der Waals surface area contributed by atoms with Gasteiger partial charge >= 0.3 is 5.97 Å². The first-order valence-electron chi connectivity index (χ1n) is 5.38. The molecule has 0 fully saturated rings. The van der Waals surface area contributed by atoms with E-state index in [4.69, 9.17) is 5.11 Å². The summed E-state index contributed by atoms with van der Waals surface area (Å²) in [4.78, 5) is 10.6. The maximum absolute atomic E-state index is 11.7. The zero-order valence-corrected chi connectivity index (χ0v) is 11.0. The number of carbonyl (C=O) groups is 1. The molecule has 0 aliphatic rings. The fourth-order valence-corrected chi connectivity index (χ4v) is 2.56. The van der Waals surface area contributed by atoms with Gasteiger partial charge in [-0.3, -0.25) is 0 Å². The van der Waals surface area contributed by atoms with Crippen molar-refractivity contribution in [1.82, 2.24) is 4.72 Å². The van der Waals surface area contributed by atoms with Gasteiger partial charge in [0, 0.05) is 12.6 Å². The maximum atomic E-state index is 11.7. The van der Waals surface area contributed by atoms with Crippen molar-refractivity contribution in [1.29, 1.82) is 0 Å². The first kappa shape index (κ1) is 14.4. The van der Waals surface area contributed by atoms with Crippen LogP contribution in [0.25, 0.3) is 6.08 Å². The first-order chi connectivity index (χ1) is 8.36. The number of rotatable bonds is 5. The molecule has 0 atom stereocenters. The number of aryl methyl sites for hydroxylation is 1. The van der Waals surface area contributed by atoms with Crippen molar-refractivity contribution in [3.63, 3.8) is 0 Å². The molecule has 1 aromatic carbocycles. The van der Waals surface area contributed by atoms with Gasteiger partial charge in [0.1, 0.15) is 0 Å². The molecule has 0 radical (unpaired) electrons. The highest BCUT2D eigenvalue weighted by molar-refractivity contribution is 7.89. The maximum Gasteiger partial charge on any atom is 0.328 e. The Morgan fingerprint density at radius 3 is 2.61 bits per heavy atom. The highest BCUT2D eigenvalue weighted by Crippen LogP contribution is 2.16. The van der Waals surface area contributed by atoms with Crippen LogP contribution in [0.4, 0.5) is 0 Å². The van der Waals surface area contributed by atoms with Crippen molar-refractivity contribution >= 4 is 22.1 Å². The molecule has 0 spiro atoms. The molecule has 0 amide bonds. The Bertz CT molecular complexity index is 576. The van der Waals surface area contributed by atoms with E-state index < -0.39 is 16.0 Å². The van der Waals surface area contributed by atoms with Gasteiger partial charge in [0.25, 0.3) is 0 Å². The third kappa shape index (κ3) is 3.68. The molecule has 0 aromatic heterocycles. The molecule has 0 heterocycles. The summed E-state index contributed by atoms with van der Waals surface area (Å²) in [7, 11) is -3.47. The van der Waals surface area contributed by atoms with Crippen LogP contribution in [0.15, 0.2) is 29.2 Å². The number of hydrogen-bond acceptors (Lipinski definition) is 3. The Morgan fingerprint density at radius 1 is 1.44 bits per heavy atom. The van der Waals surface area contributed by atoms with Crippen molar-refractivity contribution in [3.8, 4) is 0 Å². The predicted octanol–water partition coefficient (Wildman–Crippen LogP) is 1.39. The minimum atomic E-state index is -3.47. The van der Waals surface area contributed by atoms with Crippen LogP contribution >= 0.6 is 0 Å². The van der Waals surface area contributed by atoms with E-state index in [2.05, 4.69) is 4.72 Å². The molecular weight excluding hydrogens is 254 g/mol. The predicted molar refractivity (Wildman–Crippen MR) is 68.7 cm³/mol. The number of aliphatic carboxylic acids is 1. The third-order valence-electron chi connectivity index (χ3n) is 2.29. The van der Waals surface area contributed by atoms with Crippen LogP contribution in [0.1, 0.15) is 18.1 Å². The van der Waals surface area contributed by atoms with Gasteiger partial charge < -0.3 is 5.11 Å². The van der Waals surface area contributed by atoms with E-state index in [9.17, 15) is 13.2 Å². The zero-order chi connectivity index (χ0) is 13.8. The van der Waals surface area contributed by atoms with Gasteiger partial charge in [0.05, 0.1) is 4.90 Å². The monoisotopic (exact) mass is 269 g/mol. The van der Waals surface area contributed by atoms with E-state index in [1.165, 1.54) is 18.2 Å². The fraction of sp³-hybridized carbons (Fsp3) is 0.250. The first-order valence-corrected chi connectivity index (χ1v) is 6.86. The van der Waals surface area contributed by atoms with Crippen molar-refractivity contribution in [2.75, 3.05) is 6.54 Å². The molecule has 0 aliphatic carbocycles. The Hall–Kier alpha value is -1.66. The number of sulfonamides is 1. The lowest BCUT2D eigenvalue weighted by atomic mass is 10.1. The second kappa shape index (κ2) is 5.79. The molecule has 18 heavy (non-hydrogen) atoms. The van der Waals surface area contributed by atoms with Crippen LogP contribution in [-0.4, -0.2) is 26.0 Å². The standard InChI is InChI=1S/C12H15NO4S/c1-3-13-18(16,17)11-6-4-10(9(2)8-11)5-7-12(14)15/h4-8,13H,3H2,1-2H3,(H,14,15). The van der Waals surface area contributed by atoms with E-state index in [1.54, 1.807) is 19.9 Å². The van der Waals surface area contributed by atoms with Crippen molar-refractivity contribution in [2.45, 2.75) is 18.7 Å². The summed E-state index contributed by atoms with van der Waals surface area (Å²) < 4.78 is 25.9. The van der Waals surface area contributed by atoms with Gasteiger partial charge in [0.2, 0.25) is 10.0 Å². The van der Waals surface area contributed by atoms with Gasteiger partial charge in [0.15, 0.2) is 0 Å². The van der Waals surface area contributed by atoms with E-state index in [0.29, 0.717) is 17.7 Å². The Balaban J connectivity index is 3.10. The average molecular weight is 269 g/mol. The summed E-state index contributed by atoms with van der Waals surface area (Å²) in [5.74, 6) is -1.04. The highest BCUT2D eigenvalue weighted by atomic mass is 32.2. The van der Waals surface area contributed by atoms with E-state index in [1.807, 2.05) is 0 Å². The number of nitrogens with one attached hydrogen (secondary N) is 1. The third-order valence-corrected chi connectivity index (χ3v) is 3.83. The summed E-state index contributed by atoms with van der Waals surface area (Å²) in [6, 6.07) is 4.55. The number of hydrogen-bond donors (Lipinski definition) is 2. The fourth-order valence-electron chi connectivity index (χ4n) is 1.44. The molecular formula is C12H15NO4S. The lowest BCUT2D eigenvalue weighted by Gasteiger charge is -2.07. The summed E-state index contributed by atoms with van der Waals surface area (Å²) in [6.45, 7) is 3.75. The molecule has 5 nitrogen and oxygen atoms in total. The van der Waals surface area contributed by atoms with Crippen LogP contribution in [0, 0.1) is 6.92 Å². The van der Waals surface area contributed by atoms with Crippen LogP contribution in [0.3, 0.4) is 0 Å². The molecule has 0 saturated carbocycles. The summed E-state index contributed by atoms with van der Waals surface area (Å²) in [5.41, 5.74) is 1.37. The topological polar surface area (TPSA) is 83.5 Å². The van der Waals surface area contributed by atoms with Crippen LogP contribution in [0.2, 0.25) is 0 Å². The van der Waals surface area contributed by atoms with Gasteiger partial charge in [-0.25, -0.2) is 17.9 Å². The lowest BCUT2D eigenvalue weighted by Crippen LogP contribution is -2.23. The molecule has 98 valence electrons. The minimum Gasteiger partial charge on any atom is -0.478 e. The minimum absolute atomic E-state index is 0.175. The Kier molecular flexibility index (Phi) is 4.63. The summed E-state index contributed by atoms with van der Waals surface area (Å²) in [5, 5.41) is 8.53. The molecule has 0 aliphatic heterocycles. The second-order valence-corrected chi connectivity index (χ2v) is 5.46. The Labute approximate surface area is 106 Å². The van der Waals surface area contributed by atoms with Crippen LogP contribution < -0.4 is 4.72 Å². The van der Waals surface area contributed by atoms with E-state index in [-0.39, 0.29) is 4.90 Å². The molecule has 0 unspecified atom stereocenters. The number of carboxylic acids is 1. The number of benzene rings is 1. The van der Waals surface area contributed by atoms with Crippen molar-refractivity contribution < 1.29 is 18.3 Å². The SMILES string of the molecule is CCNS(=O)(=O)c1ccc(C=CC(=O)O)c(C)c1. The van der Waals surface area contributed by atoms with E-state index in [0.717, 1.165) is 6.08 Å². The average Bonchev–Trinajstić information content (AvgIpc) is 2.27. The van der Waals surface area contributed by atoms with Gasteiger partial charge in [-0.2, -0.15) is 0 Å². The molecule has 1 aromatic rings. The molecule has 0 bridgehead atoms. The normalized spacial score (nSPS) is 11.9. The van der Waals surface area contributed by atoms with Crippen molar-refractivity contribution in [3.05, 3.63) is 35.4 Å². The molecule has 6 heteroatoms. The van der Waals surface area contributed by atoms with Gasteiger partial charge in [-0.1, -0.05) is 13.0 Å². The van der Waals surface area contributed by atoms with Gasteiger partial charge in [-0.15, -0.1) is 0 Å². The Morgan fingerprint density at radius 2 is 2.11 bits per heavy atom. The van der Waals surface area contributed by atoms with Crippen molar-refractivity contribution in [2.24, 2.45) is 0 Å². The second-order valence-electron chi connectivity index (χ2n) is 3.69. The van der Waals surface area contributed by atoms with Crippen LogP contribution in [-0.2, 0) is 14.8 Å². The summed E-state index contributed by atoms with van der Waals surface area (Å²) in [6.07, 6.45) is 2.45. The smallest absolute Gasteiger partial charge is 0.328 e. The quantitative estimate of drug-likeness (QED) is 0.791. The summed E-state index contributed by atoms with van der Waals surface area (Å²) >= 11 is 0. The van der Waals surface area contributed by atoms with Gasteiger partial charge in [-0.05, 0) is 36.3 Å². The molecule has 0 saturated heterocycles. The molecule has 1 rings (SSSR count). The number of carboxylic acid groups (broad SMARTS) is 1. The largest absolute Gasteiger partial charge is 0.478 e. The zero-order valence-electron chi connectivity index (χ0n) is 10.2. The van der Waals surface area contributed by atoms with E-state index >= 15 is 0 Å². The van der Waals surface area contributed by atoms with Crippen LogP contribution in [0.5, 0.6) is 0 Å². The highest BCUT2D eigenvalue weighted by Gasteiger charge is 2.12. The molecule has 2 N–H and O–H groups in total. The lowest BCUT2D eigenvalue weighted by molar-refractivity contribution is -0.131.